The fourth-order valence-electron chi connectivity index (χ4n) is 1.45. The highest BCUT2D eigenvalue weighted by molar-refractivity contribution is 5.75. The lowest BCUT2D eigenvalue weighted by Gasteiger charge is -2.16. The van der Waals surface area contributed by atoms with Crippen LogP contribution in [0.4, 0.5) is 0 Å². The van der Waals surface area contributed by atoms with Crippen molar-refractivity contribution in [2.24, 2.45) is 11.8 Å². The summed E-state index contributed by atoms with van der Waals surface area (Å²) in [6, 6.07) is 0. The van der Waals surface area contributed by atoms with Crippen molar-refractivity contribution in [3.63, 3.8) is 0 Å². The van der Waals surface area contributed by atoms with Crippen LogP contribution in [0.25, 0.3) is 0 Å². The zero-order valence-electron chi connectivity index (χ0n) is 8.36. The standard InChI is InChI=1S/C9H17NO3/c1-6-4-7(6)8(11)5-9(12)10(2)13-3/h6-8,11H,4-5H2,1-3H3/t6-,7-,8+/m1/s1. The molecule has 76 valence electrons. The molecule has 0 unspecified atom stereocenters. The van der Waals surface area contributed by atoms with Crippen molar-refractivity contribution in [1.29, 1.82) is 0 Å². The quantitative estimate of drug-likeness (QED) is 0.649. The molecule has 4 nitrogen and oxygen atoms in total. The SMILES string of the molecule is CON(C)C(=O)C[C@H](O)[C@@H]1C[C@H]1C. The molecule has 1 aliphatic carbocycles. The topological polar surface area (TPSA) is 49.8 Å². The lowest BCUT2D eigenvalue weighted by atomic mass is 10.1. The van der Waals surface area contributed by atoms with Crippen molar-refractivity contribution in [1.82, 2.24) is 5.06 Å². The molecule has 0 spiro atoms. The molecule has 0 aromatic heterocycles. The van der Waals surface area contributed by atoms with E-state index in [1.165, 1.54) is 7.11 Å². The second-order valence-electron chi connectivity index (χ2n) is 3.72. The number of nitrogens with zero attached hydrogens (tertiary/aromatic N) is 1. The predicted molar refractivity (Wildman–Crippen MR) is 47.7 cm³/mol. The molecule has 0 aromatic carbocycles. The van der Waals surface area contributed by atoms with Crippen molar-refractivity contribution >= 4 is 5.91 Å². The molecular formula is C9H17NO3. The van der Waals surface area contributed by atoms with Gasteiger partial charge in [-0.25, -0.2) is 5.06 Å². The molecule has 1 N–H and O–H groups in total. The van der Waals surface area contributed by atoms with Crippen LogP contribution in [0.1, 0.15) is 19.8 Å². The minimum atomic E-state index is -0.500. The van der Waals surface area contributed by atoms with E-state index in [0.29, 0.717) is 11.8 Å². The van der Waals surface area contributed by atoms with Crippen molar-refractivity contribution < 1.29 is 14.7 Å². The van der Waals surface area contributed by atoms with Crippen LogP contribution in [0.3, 0.4) is 0 Å². The highest BCUT2D eigenvalue weighted by atomic mass is 16.7. The van der Waals surface area contributed by atoms with Crippen molar-refractivity contribution in [3.8, 4) is 0 Å². The Balaban J connectivity index is 2.27. The van der Waals surface area contributed by atoms with Crippen LogP contribution >= 0.6 is 0 Å². The van der Waals surface area contributed by atoms with Gasteiger partial charge in [0.25, 0.3) is 0 Å². The zero-order valence-corrected chi connectivity index (χ0v) is 8.36. The van der Waals surface area contributed by atoms with Gasteiger partial charge in [0.15, 0.2) is 0 Å². The molecule has 0 bridgehead atoms. The van der Waals surface area contributed by atoms with Gasteiger partial charge in [-0.15, -0.1) is 0 Å². The minimum absolute atomic E-state index is 0.166. The summed E-state index contributed by atoms with van der Waals surface area (Å²) < 4.78 is 0. The van der Waals surface area contributed by atoms with Crippen LogP contribution in [-0.4, -0.2) is 36.3 Å². The van der Waals surface area contributed by atoms with E-state index >= 15 is 0 Å². The van der Waals surface area contributed by atoms with Gasteiger partial charge in [-0.2, -0.15) is 0 Å². The van der Waals surface area contributed by atoms with Crippen LogP contribution < -0.4 is 0 Å². The number of hydrogen-bond donors (Lipinski definition) is 1. The normalized spacial score (nSPS) is 28.3. The Labute approximate surface area is 78.4 Å². The maximum absolute atomic E-state index is 11.3. The van der Waals surface area contributed by atoms with Gasteiger partial charge in [0.1, 0.15) is 0 Å². The summed E-state index contributed by atoms with van der Waals surface area (Å²) in [5.41, 5.74) is 0. The average Bonchev–Trinajstić information content (AvgIpc) is 2.81. The van der Waals surface area contributed by atoms with E-state index in [1.54, 1.807) is 7.05 Å². The van der Waals surface area contributed by atoms with E-state index in [0.717, 1.165) is 11.5 Å². The fourth-order valence-corrected chi connectivity index (χ4v) is 1.45. The summed E-state index contributed by atoms with van der Waals surface area (Å²) in [6.45, 7) is 2.08. The zero-order chi connectivity index (χ0) is 10.0. The van der Waals surface area contributed by atoms with Crippen LogP contribution in [0.5, 0.6) is 0 Å². The van der Waals surface area contributed by atoms with Gasteiger partial charge < -0.3 is 5.11 Å². The third kappa shape index (κ3) is 2.67. The minimum Gasteiger partial charge on any atom is -0.392 e. The third-order valence-corrected chi connectivity index (χ3v) is 2.67. The first-order valence-electron chi connectivity index (χ1n) is 4.55. The molecule has 0 saturated heterocycles. The highest BCUT2D eigenvalue weighted by Crippen LogP contribution is 2.41. The van der Waals surface area contributed by atoms with Crippen molar-refractivity contribution in [2.45, 2.75) is 25.9 Å². The molecule has 1 amide bonds. The van der Waals surface area contributed by atoms with Crippen LogP contribution in [0.15, 0.2) is 0 Å². The maximum Gasteiger partial charge on any atom is 0.248 e. The van der Waals surface area contributed by atoms with E-state index in [9.17, 15) is 9.90 Å². The summed E-state index contributed by atoms with van der Waals surface area (Å²) in [5, 5.41) is 10.7. The molecule has 3 atom stereocenters. The lowest BCUT2D eigenvalue weighted by Crippen LogP contribution is -2.29. The molecule has 0 radical (unpaired) electrons. The number of amides is 1. The van der Waals surface area contributed by atoms with Gasteiger partial charge in [0.05, 0.1) is 19.6 Å². The second kappa shape index (κ2) is 4.07. The van der Waals surface area contributed by atoms with Crippen LogP contribution in [0.2, 0.25) is 0 Å². The molecule has 0 aromatic rings. The maximum atomic E-state index is 11.3. The smallest absolute Gasteiger partial charge is 0.248 e. The second-order valence-corrected chi connectivity index (χ2v) is 3.72. The molecular weight excluding hydrogens is 170 g/mol. The van der Waals surface area contributed by atoms with Gasteiger partial charge in [-0.1, -0.05) is 6.92 Å². The molecule has 1 rings (SSSR count). The van der Waals surface area contributed by atoms with Crippen LogP contribution in [-0.2, 0) is 9.63 Å². The van der Waals surface area contributed by atoms with Crippen LogP contribution in [0, 0.1) is 11.8 Å². The van der Waals surface area contributed by atoms with E-state index in [4.69, 9.17) is 4.84 Å². The first kappa shape index (κ1) is 10.5. The van der Waals surface area contributed by atoms with Gasteiger partial charge in [-0.3, -0.25) is 9.63 Å². The number of aliphatic hydroxyl groups is 1. The number of hydrogen-bond acceptors (Lipinski definition) is 3. The number of aliphatic hydroxyl groups excluding tert-OH is 1. The van der Waals surface area contributed by atoms with Gasteiger partial charge in [0.2, 0.25) is 5.91 Å². The number of carbonyl (C=O) groups excluding carboxylic acids is 1. The fraction of sp³-hybridized carbons (Fsp3) is 0.889. The monoisotopic (exact) mass is 187 g/mol. The summed E-state index contributed by atoms with van der Waals surface area (Å²) in [6.07, 6.45) is 0.699. The Bertz CT molecular complexity index is 195. The van der Waals surface area contributed by atoms with Crippen molar-refractivity contribution in [2.75, 3.05) is 14.2 Å². The first-order valence-corrected chi connectivity index (χ1v) is 4.55. The molecule has 1 aliphatic rings. The number of hydroxylamine groups is 2. The Morgan fingerprint density at radius 1 is 1.77 bits per heavy atom. The lowest BCUT2D eigenvalue weighted by molar-refractivity contribution is -0.170. The van der Waals surface area contributed by atoms with Gasteiger partial charge in [-0.05, 0) is 18.3 Å². The van der Waals surface area contributed by atoms with Gasteiger partial charge >= 0.3 is 0 Å². The van der Waals surface area contributed by atoms with E-state index in [1.807, 2.05) is 0 Å². The Morgan fingerprint density at radius 3 is 2.69 bits per heavy atom. The summed E-state index contributed by atoms with van der Waals surface area (Å²) in [4.78, 5) is 16.0. The van der Waals surface area contributed by atoms with Crippen molar-refractivity contribution in [3.05, 3.63) is 0 Å². The summed E-state index contributed by atoms with van der Waals surface area (Å²) >= 11 is 0. The average molecular weight is 187 g/mol. The molecule has 4 heteroatoms. The third-order valence-electron chi connectivity index (χ3n) is 2.67. The molecule has 1 saturated carbocycles. The van der Waals surface area contributed by atoms with Gasteiger partial charge in [0, 0.05) is 7.05 Å². The largest absolute Gasteiger partial charge is 0.392 e. The Hall–Kier alpha value is -0.610. The Kier molecular flexibility index (Phi) is 3.27. The number of carbonyl (C=O) groups is 1. The summed E-state index contributed by atoms with van der Waals surface area (Å²) in [5.74, 6) is 0.707. The number of rotatable bonds is 4. The Morgan fingerprint density at radius 2 is 2.31 bits per heavy atom. The molecule has 0 heterocycles. The summed E-state index contributed by atoms with van der Waals surface area (Å²) in [7, 11) is 2.98. The molecule has 1 fully saturated rings. The van der Waals surface area contributed by atoms with E-state index < -0.39 is 6.10 Å². The molecule has 13 heavy (non-hydrogen) atoms. The van der Waals surface area contributed by atoms with E-state index in [2.05, 4.69) is 6.92 Å². The predicted octanol–water partition coefficient (Wildman–Crippen LogP) is 0.413. The molecule has 0 aliphatic heterocycles. The van der Waals surface area contributed by atoms with E-state index in [-0.39, 0.29) is 12.3 Å². The highest BCUT2D eigenvalue weighted by Gasteiger charge is 2.39. The first-order chi connectivity index (χ1) is 6.06.